The second kappa shape index (κ2) is 3.37. The van der Waals surface area contributed by atoms with E-state index in [1.165, 1.54) is 0 Å². The molecule has 0 aromatic heterocycles. The molecule has 9 heavy (non-hydrogen) atoms. The molecule has 1 aromatic rings. The molecule has 2 nitrogen and oxygen atoms in total. The minimum atomic E-state index is 0.646. The van der Waals surface area contributed by atoms with Gasteiger partial charge in [-0.3, -0.25) is 0 Å². The summed E-state index contributed by atoms with van der Waals surface area (Å²) in [4.78, 5) is 4.57. The van der Waals surface area contributed by atoms with Gasteiger partial charge in [-0.15, -0.1) is 4.33 Å². The van der Waals surface area contributed by atoms with E-state index in [-0.39, 0.29) is 0 Å². The van der Waals surface area contributed by atoms with E-state index in [9.17, 15) is 0 Å². The maximum Gasteiger partial charge on any atom is 0.166 e. The predicted octanol–water partition coefficient (Wildman–Crippen LogP) is 1.84. The van der Waals surface area contributed by atoms with Gasteiger partial charge in [-0.05, 0) is 12.1 Å². The Kier molecular flexibility index (Phi) is 2.42. The summed E-state index contributed by atoms with van der Waals surface area (Å²) in [6, 6.07) is 9.14. The van der Waals surface area contributed by atoms with Crippen LogP contribution in [0, 0.1) is 0 Å². The monoisotopic (exact) mass is 142 g/mol. The van der Waals surface area contributed by atoms with Gasteiger partial charge in [0.15, 0.2) is 5.75 Å². The number of rotatable bonds is 2. The van der Waals surface area contributed by atoms with Gasteiger partial charge in [0.1, 0.15) is 0 Å². The van der Waals surface area contributed by atoms with Crippen molar-refractivity contribution in [1.29, 1.82) is 0 Å². The van der Waals surface area contributed by atoms with Crippen LogP contribution >= 0.6 is 12.9 Å². The Morgan fingerprint density at radius 2 is 1.78 bits per heavy atom. The molecule has 0 saturated carbocycles. The molecule has 0 fully saturated rings. The van der Waals surface area contributed by atoms with Crippen molar-refractivity contribution < 1.29 is 9.22 Å². The summed E-state index contributed by atoms with van der Waals surface area (Å²) in [6.45, 7) is 0. The fraction of sp³-hybridized carbons (Fsp3) is 0. The molecule has 0 saturated heterocycles. The topological polar surface area (TPSA) is 18.5 Å². The van der Waals surface area contributed by atoms with Crippen LogP contribution in [-0.2, 0) is 4.33 Å². The first-order valence-electron chi connectivity index (χ1n) is 2.46. The fourth-order valence-electron chi connectivity index (χ4n) is 0.519. The van der Waals surface area contributed by atoms with E-state index < -0.39 is 0 Å². The molecule has 0 spiro atoms. The van der Waals surface area contributed by atoms with Gasteiger partial charge >= 0.3 is 0 Å². The van der Waals surface area contributed by atoms with Gasteiger partial charge < -0.3 is 4.89 Å². The molecule has 0 aliphatic rings. The molecule has 0 radical (unpaired) electrons. The van der Waals surface area contributed by atoms with Crippen molar-refractivity contribution >= 4 is 12.9 Å². The highest BCUT2D eigenvalue weighted by Crippen LogP contribution is 2.08. The minimum absolute atomic E-state index is 0.646. The Hall–Kier alpha value is -0.670. The van der Waals surface area contributed by atoms with Crippen molar-refractivity contribution in [2.75, 3.05) is 0 Å². The molecule has 0 aliphatic heterocycles. The Morgan fingerprint density at radius 3 is 2.33 bits per heavy atom. The normalized spacial score (nSPS) is 9.00. The average Bonchev–Trinajstić information content (AvgIpc) is 1.91. The molecule has 3 heteroatoms. The molecule has 0 unspecified atom stereocenters. The van der Waals surface area contributed by atoms with Crippen molar-refractivity contribution in [3.05, 3.63) is 30.3 Å². The molecule has 48 valence electrons. The number of benzene rings is 1. The highest BCUT2D eigenvalue weighted by molar-refractivity contribution is 7.74. The van der Waals surface area contributed by atoms with Crippen molar-refractivity contribution in [2.24, 2.45) is 0 Å². The van der Waals surface area contributed by atoms with Crippen molar-refractivity contribution in [3.63, 3.8) is 0 Å². The number of para-hydroxylation sites is 1. The summed E-state index contributed by atoms with van der Waals surface area (Å²) in [6.07, 6.45) is 0. The molecule has 0 aliphatic carbocycles. The lowest BCUT2D eigenvalue weighted by atomic mass is 10.3. The molecule has 0 amide bonds. The molecule has 1 rings (SSSR count). The predicted molar refractivity (Wildman–Crippen MR) is 37.1 cm³/mol. The van der Waals surface area contributed by atoms with E-state index in [2.05, 4.69) is 22.1 Å². The molecular weight excluding hydrogens is 136 g/mol. The van der Waals surface area contributed by atoms with Crippen LogP contribution < -0.4 is 4.89 Å². The molecule has 0 bridgehead atoms. The summed E-state index contributed by atoms with van der Waals surface area (Å²) < 4.78 is 4.12. The van der Waals surface area contributed by atoms with Gasteiger partial charge in [0.05, 0.1) is 0 Å². The van der Waals surface area contributed by atoms with Crippen LogP contribution in [0.1, 0.15) is 0 Å². The zero-order chi connectivity index (χ0) is 6.53. The van der Waals surface area contributed by atoms with E-state index in [0.29, 0.717) is 5.75 Å². The SMILES string of the molecule is SOOc1ccccc1. The van der Waals surface area contributed by atoms with Crippen molar-refractivity contribution in [1.82, 2.24) is 0 Å². The minimum Gasteiger partial charge on any atom is -0.325 e. The van der Waals surface area contributed by atoms with Gasteiger partial charge in [0, 0.05) is 12.9 Å². The third-order valence-electron chi connectivity index (χ3n) is 0.877. The smallest absolute Gasteiger partial charge is 0.166 e. The van der Waals surface area contributed by atoms with Gasteiger partial charge in [-0.2, -0.15) is 0 Å². The second-order valence-electron chi connectivity index (χ2n) is 1.47. The van der Waals surface area contributed by atoms with Crippen LogP contribution in [0.3, 0.4) is 0 Å². The summed E-state index contributed by atoms with van der Waals surface area (Å²) in [5.41, 5.74) is 0. The van der Waals surface area contributed by atoms with Crippen LogP contribution in [-0.4, -0.2) is 0 Å². The first-order chi connectivity index (χ1) is 4.43. The van der Waals surface area contributed by atoms with Crippen LogP contribution in [0.15, 0.2) is 30.3 Å². The zero-order valence-corrected chi connectivity index (χ0v) is 5.54. The second-order valence-corrected chi connectivity index (χ2v) is 1.62. The third kappa shape index (κ3) is 1.95. The summed E-state index contributed by atoms with van der Waals surface area (Å²) in [7, 11) is 0. The van der Waals surface area contributed by atoms with E-state index in [0.717, 1.165) is 0 Å². The lowest BCUT2D eigenvalue weighted by Crippen LogP contribution is -1.83. The number of thiol groups is 1. The Morgan fingerprint density at radius 1 is 1.11 bits per heavy atom. The Bertz CT molecular complexity index is 164. The van der Waals surface area contributed by atoms with Crippen LogP contribution in [0.5, 0.6) is 5.75 Å². The molecule has 0 atom stereocenters. The molecular formula is C6H6O2S. The van der Waals surface area contributed by atoms with Crippen LogP contribution in [0.2, 0.25) is 0 Å². The van der Waals surface area contributed by atoms with E-state index in [1.807, 2.05) is 18.2 Å². The van der Waals surface area contributed by atoms with Gasteiger partial charge in [-0.25, -0.2) is 0 Å². The zero-order valence-electron chi connectivity index (χ0n) is 4.65. The number of hydrogen-bond acceptors (Lipinski definition) is 3. The van der Waals surface area contributed by atoms with Gasteiger partial charge in [0.25, 0.3) is 0 Å². The summed E-state index contributed by atoms with van der Waals surface area (Å²) in [5.74, 6) is 0.646. The highest BCUT2D eigenvalue weighted by atomic mass is 32.1. The molecule has 0 N–H and O–H groups in total. The lowest BCUT2D eigenvalue weighted by Gasteiger charge is -1.95. The van der Waals surface area contributed by atoms with Gasteiger partial charge in [-0.1, -0.05) is 18.2 Å². The van der Waals surface area contributed by atoms with E-state index in [4.69, 9.17) is 0 Å². The molecule has 1 aromatic carbocycles. The third-order valence-corrected chi connectivity index (χ3v) is 0.951. The quantitative estimate of drug-likeness (QED) is 0.294. The largest absolute Gasteiger partial charge is 0.325 e. The van der Waals surface area contributed by atoms with E-state index >= 15 is 0 Å². The van der Waals surface area contributed by atoms with Crippen LogP contribution in [0.25, 0.3) is 0 Å². The average molecular weight is 142 g/mol. The Balaban J connectivity index is 2.61. The first-order valence-corrected chi connectivity index (χ1v) is 2.83. The maximum atomic E-state index is 4.57. The Labute approximate surface area is 59.0 Å². The van der Waals surface area contributed by atoms with Crippen molar-refractivity contribution in [3.8, 4) is 5.75 Å². The van der Waals surface area contributed by atoms with Crippen molar-refractivity contribution in [2.45, 2.75) is 0 Å². The van der Waals surface area contributed by atoms with Gasteiger partial charge in [0.2, 0.25) is 0 Å². The van der Waals surface area contributed by atoms with E-state index in [1.54, 1.807) is 12.1 Å². The highest BCUT2D eigenvalue weighted by Gasteiger charge is 1.86. The first kappa shape index (κ1) is 6.45. The lowest BCUT2D eigenvalue weighted by molar-refractivity contribution is -0.0741. The number of hydrogen-bond donors (Lipinski definition) is 1. The standard InChI is InChI=1S/C6H6O2S/c9-8-7-6-4-2-1-3-5-6/h1-5,9H. The molecule has 0 heterocycles. The fourth-order valence-corrected chi connectivity index (χ4v) is 0.605. The summed E-state index contributed by atoms with van der Waals surface area (Å²) >= 11 is 3.41. The maximum absolute atomic E-state index is 4.57. The summed E-state index contributed by atoms with van der Waals surface area (Å²) in [5, 5.41) is 0. The van der Waals surface area contributed by atoms with Crippen LogP contribution in [0.4, 0.5) is 0 Å².